The zero-order valence-corrected chi connectivity index (χ0v) is 6.83. The third-order valence-corrected chi connectivity index (χ3v) is 1.53. The maximum atomic E-state index is 6.61. The van der Waals surface area contributed by atoms with E-state index in [0.717, 1.165) is 11.4 Å². The standard InChI is InChI=1S/C7H12N4/c1-6-5-7(2)11(10-6)4-3-9-8/h5,8H,3-4H2,1-2H3. The third kappa shape index (κ3) is 1.86. The second-order valence-electron chi connectivity index (χ2n) is 2.53. The fraction of sp³-hybridized carbons (Fsp3) is 0.571. The summed E-state index contributed by atoms with van der Waals surface area (Å²) in [6.07, 6.45) is 0. The molecule has 0 amide bonds. The first-order valence-corrected chi connectivity index (χ1v) is 3.58. The molecule has 1 rings (SSSR count). The predicted molar refractivity (Wildman–Crippen MR) is 41.7 cm³/mol. The lowest BCUT2D eigenvalue weighted by molar-refractivity contribution is 0.591. The van der Waals surface area contributed by atoms with E-state index in [1.54, 1.807) is 0 Å². The summed E-state index contributed by atoms with van der Waals surface area (Å²) in [6, 6.07) is 2.02. The van der Waals surface area contributed by atoms with Gasteiger partial charge in [-0.15, -0.1) is 0 Å². The molecule has 0 saturated carbocycles. The van der Waals surface area contributed by atoms with E-state index in [0.29, 0.717) is 13.1 Å². The molecule has 0 radical (unpaired) electrons. The molecule has 1 aromatic heterocycles. The number of hydrogen-bond acceptors (Lipinski definition) is 3. The molecule has 0 aromatic carbocycles. The second kappa shape index (κ2) is 3.27. The molecule has 0 fully saturated rings. The van der Waals surface area contributed by atoms with Crippen molar-refractivity contribution in [1.29, 1.82) is 5.53 Å². The summed E-state index contributed by atoms with van der Waals surface area (Å²) in [6.45, 7) is 5.19. The van der Waals surface area contributed by atoms with Gasteiger partial charge in [-0.25, -0.2) is 5.53 Å². The van der Waals surface area contributed by atoms with Crippen molar-refractivity contribution in [2.45, 2.75) is 20.4 Å². The molecule has 60 valence electrons. The Kier molecular flexibility index (Phi) is 2.36. The van der Waals surface area contributed by atoms with Crippen LogP contribution >= 0.6 is 0 Å². The zero-order valence-electron chi connectivity index (χ0n) is 6.83. The van der Waals surface area contributed by atoms with E-state index >= 15 is 0 Å². The summed E-state index contributed by atoms with van der Waals surface area (Å²) in [5.74, 6) is 0. The van der Waals surface area contributed by atoms with Gasteiger partial charge in [0.15, 0.2) is 0 Å². The number of hydrogen-bond donors (Lipinski definition) is 1. The number of nitrogens with one attached hydrogen (secondary N) is 1. The van der Waals surface area contributed by atoms with Crippen LogP contribution in [-0.4, -0.2) is 16.3 Å². The van der Waals surface area contributed by atoms with Crippen molar-refractivity contribution in [2.75, 3.05) is 6.54 Å². The fourth-order valence-electron chi connectivity index (χ4n) is 1.05. The molecule has 0 atom stereocenters. The highest BCUT2D eigenvalue weighted by Crippen LogP contribution is 2.00. The van der Waals surface area contributed by atoms with Crippen LogP contribution in [-0.2, 0) is 6.54 Å². The first-order valence-electron chi connectivity index (χ1n) is 3.58. The smallest absolute Gasteiger partial charge is 0.0792 e. The average Bonchev–Trinajstić information content (AvgIpc) is 2.26. The molecule has 0 aliphatic heterocycles. The highest BCUT2D eigenvalue weighted by atomic mass is 15.3. The van der Waals surface area contributed by atoms with Gasteiger partial charge in [-0.05, 0) is 19.9 Å². The Hall–Kier alpha value is -1.19. The van der Waals surface area contributed by atoms with Gasteiger partial charge in [-0.2, -0.15) is 10.2 Å². The van der Waals surface area contributed by atoms with E-state index in [1.807, 2.05) is 24.6 Å². The first kappa shape index (κ1) is 7.91. The predicted octanol–water partition coefficient (Wildman–Crippen LogP) is 1.53. The van der Waals surface area contributed by atoms with E-state index < -0.39 is 0 Å². The molecule has 0 bridgehead atoms. The highest BCUT2D eigenvalue weighted by molar-refractivity contribution is 5.06. The van der Waals surface area contributed by atoms with E-state index in [1.165, 1.54) is 0 Å². The van der Waals surface area contributed by atoms with Crippen LogP contribution in [0.15, 0.2) is 11.2 Å². The molecule has 11 heavy (non-hydrogen) atoms. The average molecular weight is 152 g/mol. The number of aromatic nitrogens is 2. The van der Waals surface area contributed by atoms with Gasteiger partial charge in [0.2, 0.25) is 0 Å². The molecule has 0 unspecified atom stereocenters. The van der Waals surface area contributed by atoms with Crippen LogP contribution in [0.2, 0.25) is 0 Å². The summed E-state index contributed by atoms with van der Waals surface area (Å²) >= 11 is 0. The van der Waals surface area contributed by atoms with Gasteiger partial charge in [0.05, 0.1) is 18.8 Å². The molecule has 1 N–H and O–H groups in total. The molecular formula is C7H12N4. The van der Waals surface area contributed by atoms with Crippen LogP contribution in [0.25, 0.3) is 0 Å². The van der Waals surface area contributed by atoms with Crippen LogP contribution in [0, 0.1) is 19.4 Å². The summed E-state index contributed by atoms with van der Waals surface area (Å²) in [4.78, 5) is 0. The van der Waals surface area contributed by atoms with Crippen molar-refractivity contribution in [3.05, 3.63) is 17.5 Å². The maximum absolute atomic E-state index is 6.61. The van der Waals surface area contributed by atoms with Crippen molar-refractivity contribution in [3.63, 3.8) is 0 Å². The summed E-state index contributed by atoms with van der Waals surface area (Å²) in [7, 11) is 0. The lowest BCUT2D eigenvalue weighted by Crippen LogP contribution is -2.04. The number of nitrogens with zero attached hydrogens (tertiary/aromatic N) is 3. The Bertz CT molecular complexity index is 251. The normalized spacial score (nSPS) is 10.0. The van der Waals surface area contributed by atoms with Crippen LogP contribution in [0.1, 0.15) is 11.4 Å². The Labute approximate surface area is 65.7 Å². The van der Waals surface area contributed by atoms with Gasteiger partial charge in [0.25, 0.3) is 0 Å². The first-order chi connectivity index (χ1) is 5.24. The van der Waals surface area contributed by atoms with Crippen LogP contribution < -0.4 is 0 Å². The lowest BCUT2D eigenvalue weighted by atomic mass is 10.4. The quantitative estimate of drug-likeness (QED) is 0.656. The Morgan fingerprint density at radius 2 is 2.36 bits per heavy atom. The van der Waals surface area contributed by atoms with E-state index in [4.69, 9.17) is 5.53 Å². The molecule has 0 saturated heterocycles. The Morgan fingerprint density at radius 1 is 1.64 bits per heavy atom. The highest BCUT2D eigenvalue weighted by Gasteiger charge is 1.98. The van der Waals surface area contributed by atoms with Crippen molar-refractivity contribution >= 4 is 0 Å². The minimum absolute atomic E-state index is 0.516. The molecule has 1 heterocycles. The molecule has 0 spiro atoms. The second-order valence-corrected chi connectivity index (χ2v) is 2.53. The molecule has 0 aliphatic carbocycles. The van der Waals surface area contributed by atoms with Crippen LogP contribution in [0.3, 0.4) is 0 Å². The minimum atomic E-state index is 0.516. The summed E-state index contributed by atoms with van der Waals surface area (Å²) < 4.78 is 1.87. The largest absolute Gasteiger partial charge is 0.268 e. The lowest BCUT2D eigenvalue weighted by Gasteiger charge is -1.98. The molecule has 1 aromatic rings. The van der Waals surface area contributed by atoms with Crippen LogP contribution in [0.4, 0.5) is 0 Å². The Balaban J connectivity index is 2.69. The third-order valence-electron chi connectivity index (χ3n) is 1.53. The topological polar surface area (TPSA) is 54.0 Å². The van der Waals surface area contributed by atoms with Gasteiger partial charge < -0.3 is 0 Å². The van der Waals surface area contributed by atoms with E-state index in [9.17, 15) is 0 Å². The van der Waals surface area contributed by atoms with Gasteiger partial charge in [0, 0.05) is 5.69 Å². The van der Waals surface area contributed by atoms with Gasteiger partial charge in [0.1, 0.15) is 0 Å². The zero-order chi connectivity index (χ0) is 8.27. The van der Waals surface area contributed by atoms with Crippen molar-refractivity contribution < 1.29 is 0 Å². The SMILES string of the molecule is Cc1cc(C)n(CCN=N)n1. The van der Waals surface area contributed by atoms with Crippen molar-refractivity contribution in [3.8, 4) is 0 Å². The van der Waals surface area contributed by atoms with Gasteiger partial charge >= 0.3 is 0 Å². The van der Waals surface area contributed by atoms with Gasteiger partial charge in [-0.1, -0.05) is 0 Å². The van der Waals surface area contributed by atoms with Crippen LogP contribution in [0.5, 0.6) is 0 Å². The van der Waals surface area contributed by atoms with Gasteiger partial charge in [-0.3, -0.25) is 4.68 Å². The summed E-state index contributed by atoms with van der Waals surface area (Å²) in [5, 5.41) is 7.49. The van der Waals surface area contributed by atoms with Crippen molar-refractivity contribution in [1.82, 2.24) is 9.78 Å². The molecular weight excluding hydrogens is 140 g/mol. The van der Waals surface area contributed by atoms with Crippen molar-refractivity contribution in [2.24, 2.45) is 5.11 Å². The molecule has 4 nitrogen and oxygen atoms in total. The summed E-state index contributed by atoms with van der Waals surface area (Å²) in [5.41, 5.74) is 8.76. The minimum Gasteiger partial charge on any atom is -0.268 e. The maximum Gasteiger partial charge on any atom is 0.0792 e. The molecule has 0 aliphatic rings. The number of aryl methyl sites for hydroxylation is 2. The fourth-order valence-corrected chi connectivity index (χ4v) is 1.05. The van der Waals surface area contributed by atoms with E-state index in [-0.39, 0.29) is 0 Å². The Morgan fingerprint density at radius 3 is 2.82 bits per heavy atom. The number of rotatable bonds is 3. The van der Waals surface area contributed by atoms with E-state index in [2.05, 4.69) is 10.2 Å². The monoisotopic (exact) mass is 152 g/mol. The molecule has 4 heteroatoms.